The molecule has 0 aliphatic carbocycles. The van der Waals surface area contributed by atoms with Crippen molar-refractivity contribution in [2.24, 2.45) is 23.5 Å². The minimum atomic E-state index is -1.75. The summed E-state index contributed by atoms with van der Waals surface area (Å²) < 4.78 is 10.7. The van der Waals surface area contributed by atoms with Gasteiger partial charge in [0.25, 0.3) is 0 Å². The first-order valence-corrected chi connectivity index (χ1v) is 23.2. The zero-order valence-corrected chi connectivity index (χ0v) is 39.2. The van der Waals surface area contributed by atoms with Gasteiger partial charge >= 0.3 is 11.9 Å². The fraction of sp³-hybridized carbons (Fsp3) is 0.568. The van der Waals surface area contributed by atoms with Gasteiger partial charge in [0.05, 0.1) is 36.7 Å². The van der Waals surface area contributed by atoms with E-state index < -0.39 is 164 Å². The largest absolute Gasteiger partial charge is 0.462 e. The van der Waals surface area contributed by atoms with Crippen LogP contribution in [0.3, 0.4) is 0 Å². The fourth-order valence-electron chi connectivity index (χ4n) is 8.34. The van der Waals surface area contributed by atoms with E-state index in [2.05, 4.69) is 36.9 Å². The topological polar surface area (TPSA) is 344 Å². The average molecular weight is 970 g/mol. The van der Waals surface area contributed by atoms with Gasteiger partial charge < -0.3 is 62.1 Å². The van der Waals surface area contributed by atoms with Crippen molar-refractivity contribution < 1.29 is 67.3 Å². The normalized spacial score (nSPS) is 26.3. The molecule has 5 rings (SSSR count). The van der Waals surface area contributed by atoms with Gasteiger partial charge in [0.15, 0.2) is 5.78 Å². The zero-order chi connectivity index (χ0) is 50.0. The highest BCUT2D eigenvalue weighted by atomic mass is 32.2. The summed E-state index contributed by atoms with van der Waals surface area (Å²) in [7, 11) is 0. The van der Waals surface area contributed by atoms with Gasteiger partial charge in [-0.2, -0.15) is 0 Å². The minimum Gasteiger partial charge on any atom is -0.462 e. The summed E-state index contributed by atoms with van der Waals surface area (Å²) in [6.45, 7) is 4.75. The van der Waals surface area contributed by atoms with Gasteiger partial charge in [0.2, 0.25) is 47.3 Å². The molecule has 24 heteroatoms. The number of fused-ring (bicyclic) bond motifs is 5. The molecular formula is C44H59N9O14S. The average Bonchev–Trinajstić information content (AvgIpc) is 3.85. The van der Waals surface area contributed by atoms with Gasteiger partial charge in [-0.1, -0.05) is 45.4 Å². The first-order valence-electron chi connectivity index (χ1n) is 22.2. The van der Waals surface area contributed by atoms with Gasteiger partial charge in [-0.15, -0.1) is 11.8 Å². The number of hydrogen-bond donors (Lipinski definition) is 9. The third kappa shape index (κ3) is 13.5. The molecule has 2 aromatic rings. The Labute approximate surface area is 395 Å². The van der Waals surface area contributed by atoms with Crippen molar-refractivity contribution in [3.63, 3.8) is 0 Å². The smallest absolute Gasteiger partial charge is 0.303 e. The number of nitrogens with zero attached hydrogens (tertiary/aromatic N) is 1. The number of nitrogens with two attached hydrogens (primary N) is 1. The Morgan fingerprint density at radius 2 is 1.53 bits per heavy atom. The predicted octanol–water partition coefficient (Wildman–Crippen LogP) is -2.41. The Hall–Kier alpha value is -6.56. The van der Waals surface area contributed by atoms with Crippen LogP contribution in [-0.2, 0) is 68.6 Å². The Balaban J connectivity index is 1.72. The lowest BCUT2D eigenvalue weighted by molar-refractivity contribution is -0.161. The number of nitrogens with one attached hydrogen (secondary N) is 7. The van der Waals surface area contributed by atoms with E-state index in [-0.39, 0.29) is 18.6 Å². The maximum atomic E-state index is 15.0. The van der Waals surface area contributed by atoms with E-state index >= 15 is 0 Å². The third-order valence-corrected chi connectivity index (χ3v) is 13.3. The number of aromatic amines is 1. The molecule has 4 unspecified atom stereocenters. The first-order chi connectivity index (χ1) is 32.2. The molecule has 370 valence electrons. The molecule has 1 aromatic heterocycles. The van der Waals surface area contributed by atoms with Crippen LogP contribution in [-0.4, -0.2) is 154 Å². The molecule has 1 fully saturated rings. The van der Waals surface area contributed by atoms with Crippen molar-refractivity contribution in [2.45, 2.75) is 114 Å². The highest BCUT2D eigenvalue weighted by Gasteiger charge is 2.45. The maximum Gasteiger partial charge on any atom is 0.303 e. The van der Waals surface area contributed by atoms with Crippen LogP contribution in [0.4, 0.5) is 0 Å². The van der Waals surface area contributed by atoms with E-state index in [1.807, 2.05) is 0 Å². The van der Waals surface area contributed by atoms with E-state index in [9.17, 15) is 57.8 Å². The lowest BCUT2D eigenvalue weighted by Crippen LogP contribution is -2.60. The minimum absolute atomic E-state index is 0.194. The van der Waals surface area contributed by atoms with Gasteiger partial charge in [0.1, 0.15) is 36.9 Å². The number of hydrogen-bond acceptors (Lipinski definition) is 15. The molecule has 0 spiro atoms. The second kappa shape index (κ2) is 23.4. The monoisotopic (exact) mass is 969 g/mol. The number of amides is 8. The van der Waals surface area contributed by atoms with E-state index in [0.717, 1.165) is 30.5 Å². The van der Waals surface area contributed by atoms with Crippen LogP contribution in [0, 0.1) is 17.8 Å². The number of benzene rings is 1. The summed E-state index contributed by atoms with van der Waals surface area (Å²) in [5.74, 6) is -12.8. The van der Waals surface area contributed by atoms with Gasteiger partial charge in [-0.05, 0) is 24.0 Å². The van der Waals surface area contributed by atoms with Crippen molar-refractivity contribution in [2.75, 3.05) is 32.0 Å². The number of H-pyrrole nitrogens is 1. The second-order valence-corrected chi connectivity index (χ2v) is 18.3. The van der Waals surface area contributed by atoms with Crippen molar-refractivity contribution >= 4 is 87.6 Å². The number of ketones is 1. The Kier molecular flexibility index (Phi) is 18.1. The summed E-state index contributed by atoms with van der Waals surface area (Å²) >= 11 is 1.03. The van der Waals surface area contributed by atoms with Gasteiger partial charge in [-0.25, -0.2) is 0 Å². The summed E-state index contributed by atoms with van der Waals surface area (Å²) in [5.41, 5.74) is 6.62. The Bertz CT molecular complexity index is 2310. The highest BCUT2D eigenvalue weighted by Crippen LogP contribution is 2.34. The molecule has 10 atom stereocenters. The van der Waals surface area contributed by atoms with Crippen LogP contribution >= 0.6 is 11.8 Å². The molecule has 23 nitrogen and oxygen atoms in total. The molecule has 1 saturated heterocycles. The number of carbonyl (C=O) groups is 11. The van der Waals surface area contributed by atoms with E-state index in [1.54, 1.807) is 38.1 Å². The Morgan fingerprint density at radius 3 is 2.19 bits per heavy atom. The molecule has 4 heterocycles. The molecule has 1 aromatic carbocycles. The summed E-state index contributed by atoms with van der Waals surface area (Å²) in [6.07, 6.45) is -4.25. The predicted molar refractivity (Wildman–Crippen MR) is 240 cm³/mol. The quantitative estimate of drug-likeness (QED) is 0.118. The highest BCUT2D eigenvalue weighted by molar-refractivity contribution is 7.99. The molecule has 8 amide bonds. The molecule has 10 N–H and O–H groups in total. The number of aliphatic hydroxyl groups is 1. The maximum absolute atomic E-state index is 15.0. The SMILES string of the molecule is CC[C@H](C)[C@@H]1NC(=O)CNC(=O)C2CC(=O)[C@H]([C@@H](C)[C@H](COC(C)=O)OC(C)=O)NC(=O)[C@@H]3CC(O)CN3C(=O)C(CC(N)=O)NC(=O)C(CSc3[nH]c4ccccc4c3C2)NC(=O)CNC1=O. The summed E-state index contributed by atoms with van der Waals surface area (Å²) in [6, 6.07) is -0.609. The second-order valence-electron chi connectivity index (χ2n) is 17.3. The van der Waals surface area contributed by atoms with E-state index in [4.69, 9.17) is 15.2 Å². The number of carbonyl (C=O) groups excluding carboxylic acids is 11. The number of rotatable bonds is 9. The third-order valence-electron chi connectivity index (χ3n) is 12.2. The van der Waals surface area contributed by atoms with Crippen molar-refractivity contribution in [1.29, 1.82) is 0 Å². The van der Waals surface area contributed by atoms with Crippen LogP contribution in [0.25, 0.3) is 10.9 Å². The number of Topliss-reactive ketones (excluding diaryl/α,β-unsaturated/α-hetero) is 1. The van der Waals surface area contributed by atoms with Crippen molar-refractivity contribution in [3.05, 3.63) is 29.8 Å². The molecule has 3 aliphatic heterocycles. The number of aromatic nitrogens is 1. The number of para-hydroxylation sites is 1. The molecule has 3 aliphatic rings. The van der Waals surface area contributed by atoms with Crippen molar-refractivity contribution in [3.8, 4) is 0 Å². The van der Waals surface area contributed by atoms with E-state index in [1.165, 1.54) is 6.92 Å². The Morgan fingerprint density at radius 1 is 0.853 bits per heavy atom. The van der Waals surface area contributed by atoms with Crippen LogP contribution in [0.2, 0.25) is 0 Å². The summed E-state index contributed by atoms with van der Waals surface area (Å²) in [4.78, 5) is 154. The molecule has 2 bridgehead atoms. The summed E-state index contributed by atoms with van der Waals surface area (Å²) in [5, 5.41) is 27.2. The van der Waals surface area contributed by atoms with Crippen LogP contribution in [0.15, 0.2) is 29.3 Å². The lowest BCUT2D eigenvalue weighted by atomic mass is 9.85. The number of esters is 2. The molecular weight excluding hydrogens is 911 g/mol. The molecule has 0 saturated carbocycles. The number of thioether (sulfide) groups is 1. The zero-order valence-electron chi connectivity index (χ0n) is 38.3. The number of ether oxygens (including phenoxy) is 2. The number of primary amides is 1. The van der Waals surface area contributed by atoms with E-state index in [0.29, 0.717) is 27.9 Å². The lowest BCUT2D eigenvalue weighted by Gasteiger charge is -2.33. The number of aliphatic hydroxyl groups excluding tert-OH is 1. The first kappa shape index (κ1) is 52.4. The van der Waals surface area contributed by atoms with Gasteiger partial charge in [-0.3, -0.25) is 52.7 Å². The fourth-order valence-corrected chi connectivity index (χ4v) is 9.46. The molecule has 0 radical (unpaired) electrons. The molecule has 68 heavy (non-hydrogen) atoms. The van der Waals surface area contributed by atoms with Crippen molar-refractivity contribution in [1.82, 2.24) is 41.8 Å². The van der Waals surface area contributed by atoms with Crippen LogP contribution in [0.1, 0.15) is 65.9 Å². The van der Waals surface area contributed by atoms with Gasteiger partial charge in [0, 0.05) is 61.7 Å². The van der Waals surface area contributed by atoms with Crippen LogP contribution in [0.5, 0.6) is 0 Å². The van der Waals surface area contributed by atoms with Crippen LogP contribution < -0.4 is 37.6 Å². The standard InChI is InChI=1S/C44H59N9O14S/c1-6-20(2)37-42(64)47-15-35(59)48-30-19-68-43-27(26-9-7-8-10-28(26)50-43)11-24(39(61)46-16-36(60)51-37)12-32(57)38(21(3)33(67-23(5)55)18-66-22(4)54)52-41(63)31-13-25(56)17-53(31)44(65)29(14-34(45)58)49-40(30)62/h7-10,20-21,24-25,29-31,33,37-38,50,56H,6,11-19H2,1-5H3,(H2,45,58)(H,46,61)(H,47,64)(H,48,59)(H,49,62)(H,51,60)(H,52,63)/t20-,21-,24?,25?,29?,30?,31-,33-,37-,38-/m0/s1.